The Hall–Kier alpha value is -3.28. The summed E-state index contributed by atoms with van der Waals surface area (Å²) in [5, 5.41) is 0.724. The van der Waals surface area contributed by atoms with Crippen LogP contribution in [0.3, 0.4) is 0 Å². The van der Waals surface area contributed by atoms with Gasteiger partial charge in [-0.15, -0.1) is 0 Å². The average molecular weight is 434 g/mol. The van der Waals surface area contributed by atoms with Crippen LogP contribution in [0.5, 0.6) is 17.2 Å². The first-order valence-electron chi connectivity index (χ1n) is 9.95. The molecule has 3 aromatic carbocycles. The highest BCUT2D eigenvalue weighted by Crippen LogP contribution is 2.42. The van der Waals surface area contributed by atoms with Gasteiger partial charge in [0.05, 0.1) is 18.2 Å². The Morgan fingerprint density at radius 3 is 2.84 bits per heavy atom. The minimum atomic E-state index is -0.135. The number of rotatable bonds is 4. The molecule has 0 unspecified atom stereocenters. The molecule has 0 saturated carbocycles. The maximum atomic E-state index is 13.0. The summed E-state index contributed by atoms with van der Waals surface area (Å²) >= 11 is 6.32. The monoisotopic (exact) mass is 433 g/mol. The van der Waals surface area contributed by atoms with Crippen molar-refractivity contribution in [1.82, 2.24) is 4.90 Å². The van der Waals surface area contributed by atoms with Gasteiger partial charge >= 0.3 is 0 Å². The molecule has 6 heteroatoms. The molecule has 2 heterocycles. The predicted octanol–water partition coefficient (Wildman–Crippen LogP) is 5.32. The lowest BCUT2D eigenvalue weighted by Gasteiger charge is -2.30. The summed E-state index contributed by atoms with van der Waals surface area (Å²) in [5.41, 5.74) is 3.29. The van der Waals surface area contributed by atoms with Gasteiger partial charge in [-0.25, -0.2) is 0 Å². The molecule has 0 spiro atoms. The number of carbonyl (C=O) groups is 1. The van der Waals surface area contributed by atoms with Gasteiger partial charge in [-0.05, 0) is 47.5 Å². The van der Waals surface area contributed by atoms with Crippen LogP contribution in [0, 0.1) is 0 Å². The molecular formula is C25H20ClNO4. The Kier molecular flexibility index (Phi) is 5.14. The van der Waals surface area contributed by atoms with Crippen LogP contribution in [0.25, 0.3) is 6.08 Å². The van der Waals surface area contributed by atoms with Gasteiger partial charge in [-0.2, -0.15) is 0 Å². The maximum Gasteiger partial charge on any atom is 0.231 e. The lowest BCUT2D eigenvalue weighted by molar-refractivity contribution is 0.0873. The van der Waals surface area contributed by atoms with E-state index in [1.807, 2.05) is 54.6 Å². The molecule has 0 bridgehead atoms. The van der Waals surface area contributed by atoms with E-state index in [-0.39, 0.29) is 5.78 Å². The highest BCUT2D eigenvalue weighted by Gasteiger charge is 2.33. The molecule has 0 N–H and O–H groups in total. The molecule has 0 aromatic heterocycles. The number of fused-ring (bicyclic) bond motifs is 3. The molecule has 2 aliphatic heterocycles. The van der Waals surface area contributed by atoms with Gasteiger partial charge in [0.2, 0.25) is 5.78 Å². The maximum absolute atomic E-state index is 13.0. The first-order valence-corrected chi connectivity index (χ1v) is 10.3. The zero-order valence-electron chi connectivity index (χ0n) is 16.9. The lowest BCUT2D eigenvalue weighted by atomic mass is 10.0. The summed E-state index contributed by atoms with van der Waals surface area (Å²) in [5.74, 6) is 2.19. The number of benzene rings is 3. The number of carbonyl (C=O) groups excluding carboxylic acids is 1. The zero-order valence-corrected chi connectivity index (χ0v) is 17.7. The SMILES string of the molecule is COc1cccc(/C=C2\Oc3c(ccc4c3CN(Cc3ccccc3Cl)CO4)C2=O)c1. The number of Topliss-reactive ketones (excluding diaryl/α,β-unsaturated/α-hetero) is 1. The topological polar surface area (TPSA) is 48.0 Å². The predicted molar refractivity (Wildman–Crippen MR) is 119 cm³/mol. The Balaban J connectivity index is 1.43. The standard InChI is InChI=1S/C25H20ClNO4/c1-29-18-7-4-5-16(11-18)12-23-24(28)19-9-10-22-20(25(19)31-23)14-27(15-30-22)13-17-6-2-3-8-21(17)26/h2-12H,13-15H2,1H3/b23-12-. The van der Waals surface area contributed by atoms with Gasteiger partial charge in [-0.1, -0.05) is 41.9 Å². The van der Waals surface area contributed by atoms with Crippen molar-refractivity contribution in [1.29, 1.82) is 0 Å². The molecule has 2 aliphatic rings. The zero-order chi connectivity index (χ0) is 21.4. The highest BCUT2D eigenvalue weighted by molar-refractivity contribution is 6.31. The number of ketones is 1. The van der Waals surface area contributed by atoms with Crippen LogP contribution >= 0.6 is 11.6 Å². The third-order valence-electron chi connectivity index (χ3n) is 5.43. The van der Waals surface area contributed by atoms with Crippen LogP contribution in [-0.4, -0.2) is 24.5 Å². The Labute approximate surface area is 185 Å². The molecule has 5 nitrogen and oxygen atoms in total. The van der Waals surface area contributed by atoms with Crippen molar-refractivity contribution in [3.05, 3.63) is 93.7 Å². The highest BCUT2D eigenvalue weighted by atomic mass is 35.5. The molecule has 0 aliphatic carbocycles. The lowest BCUT2D eigenvalue weighted by Crippen LogP contribution is -2.31. The Morgan fingerprint density at radius 2 is 2.00 bits per heavy atom. The van der Waals surface area contributed by atoms with Gasteiger partial charge in [0.25, 0.3) is 0 Å². The fourth-order valence-corrected chi connectivity index (χ4v) is 4.05. The van der Waals surface area contributed by atoms with E-state index in [0.29, 0.717) is 36.9 Å². The van der Waals surface area contributed by atoms with Crippen LogP contribution < -0.4 is 14.2 Å². The summed E-state index contributed by atoms with van der Waals surface area (Å²) in [6, 6.07) is 18.9. The van der Waals surface area contributed by atoms with E-state index in [2.05, 4.69) is 4.90 Å². The van der Waals surface area contributed by atoms with Crippen molar-refractivity contribution in [3.8, 4) is 17.2 Å². The first-order chi connectivity index (χ1) is 15.1. The van der Waals surface area contributed by atoms with E-state index < -0.39 is 0 Å². The number of hydrogen-bond donors (Lipinski definition) is 0. The second-order valence-electron chi connectivity index (χ2n) is 7.49. The number of halogens is 1. The number of ether oxygens (including phenoxy) is 3. The largest absolute Gasteiger partial charge is 0.497 e. The van der Waals surface area contributed by atoms with Crippen molar-refractivity contribution >= 4 is 23.5 Å². The quantitative estimate of drug-likeness (QED) is 0.521. The van der Waals surface area contributed by atoms with E-state index in [1.165, 1.54) is 0 Å². The molecule has 0 saturated heterocycles. The summed E-state index contributed by atoms with van der Waals surface area (Å²) in [6.07, 6.45) is 1.74. The van der Waals surface area contributed by atoms with E-state index >= 15 is 0 Å². The third-order valence-corrected chi connectivity index (χ3v) is 5.79. The number of hydrogen-bond acceptors (Lipinski definition) is 5. The summed E-state index contributed by atoms with van der Waals surface area (Å²) < 4.78 is 17.3. The van der Waals surface area contributed by atoms with Crippen molar-refractivity contribution in [2.75, 3.05) is 13.8 Å². The van der Waals surface area contributed by atoms with Crippen molar-refractivity contribution in [2.45, 2.75) is 13.1 Å². The van der Waals surface area contributed by atoms with E-state index in [4.69, 9.17) is 25.8 Å². The minimum Gasteiger partial charge on any atom is -0.497 e. The number of methoxy groups -OCH3 is 1. The van der Waals surface area contributed by atoms with Crippen LogP contribution in [-0.2, 0) is 13.1 Å². The van der Waals surface area contributed by atoms with Gasteiger partial charge < -0.3 is 14.2 Å². The summed E-state index contributed by atoms with van der Waals surface area (Å²) in [6.45, 7) is 1.68. The fraction of sp³-hybridized carbons (Fsp3) is 0.160. The molecule has 31 heavy (non-hydrogen) atoms. The summed E-state index contributed by atoms with van der Waals surface area (Å²) in [7, 11) is 1.61. The molecule has 0 atom stereocenters. The fourth-order valence-electron chi connectivity index (χ4n) is 3.86. The Morgan fingerprint density at radius 1 is 1.13 bits per heavy atom. The average Bonchev–Trinajstić information content (AvgIpc) is 3.11. The van der Waals surface area contributed by atoms with E-state index in [1.54, 1.807) is 19.3 Å². The van der Waals surface area contributed by atoms with Crippen molar-refractivity contribution < 1.29 is 19.0 Å². The van der Waals surface area contributed by atoms with Crippen LogP contribution in [0.1, 0.15) is 27.0 Å². The molecule has 5 rings (SSSR count). The molecule has 0 radical (unpaired) electrons. The second kappa shape index (κ2) is 8.10. The molecule has 0 fully saturated rings. The number of nitrogens with zero attached hydrogens (tertiary/aromatic N) is 1. The normalized spacial score (nSPS) is 16.5. The summed E-state index contributed by atoms with van der Waals surface area (Å²) in [4.78, 5) is 15.1. The first kappa shape index (κ1) is 19.7. The van der Waals surface area contributed by atoms with Gasteiger partial charge in [-0.3, -0.25) is 9.69 Å². The van der Waals surface area contributed by atoms with Crippen LogP contribution in [0.2, 0.25) is 5.02 Å². The van der Waals surface area contributed by atoms with Crippen LogP contribution in [0.4, 0.5) is 0 Å². The Bertz CT molecular complexity index is 1200. The number of allylic oxidation sites excluding steroid dienone is 1. The van der Waals surface area contributed by atoms with Gasteiger partial charge in [0, 0.05) is 18.1 Å². The van der Waals surface area contributed by atoms with Gasteiger partial charge in [0.1, 0.15) is 24.0 Å². The molecular weight excluding hydrogens is 414 g/mol. The third kappa shape index (κ3) is 3.78. The smallest absolute Gasteiger partial charge is 0.231 e. The molecule has 156 valence electrons. The van der Waals surface area contributed by atoms with E-state index in [9.17, 15) is 4.79 Å². The van der Waals surface area contributed by atoms with Crippen LogP contribution in [0.15, 0.2) is 66.4 Å². The van der Waals surface area contributed by atoms with Crippen molar-refractivity contribution in [3.63, 3.8) is 0 Å². The van der Waals surface area contributed by atoms with E-state index in [0.717, 1.165) is 33.2 Å². The molecule has 0 amide bonds. The second-order valence-corrected chi connectivity index (χ2v) is 7.89. The van der Waals surface area contributed by atoms with Crippen molar-refractivity contribution in [2.24, 2.45) is 0 Å². The minimum absolute atomic E-state index is 0.135. The van der Waals surface area contributed by atoms with Gasteiger partial charge in [0.15, 0.2) is 5.76 Å². The molecule has 3 aromatic rings.